The average Bonchev–Trinajstić information content (AvgIpc) is 3.84. The van der Waals surface area contributed by atoms with Crippen molar-refractivity contribution in [2.75, 3.05) is 43.1 Å². The molecule has 336 valence electrons. The molecule has 62 heavy (non-hydrogen) atoms. The first kappa shape index (κ1) is 49.7. The Balaban J connectivity index is 0.000000251. The minimum Gasteiger partial charge on any atom is -0.444 e. The Morgan fingerprint density at radius 2 is 1.08 bits per heavy atom. The fourth-order valence-electron chi connectivity index (χ4n) is 5.92. The highest BCUT2D eigenvalue weighted by molar-refractivity contribution is 7.85. The van der Waals surface area contributed by atoms with Crippen molar-refractivity contribution in [2.45, 2.75) is 64.1 Å². The van der Waals surface area contributed by atoms with E-state index in [-0.39, 0.29) is 78.1 Å². The number of aromatic amines is 2. The van der Waals surface area contributed by atoms with E-state index >= 15 is 0 Å². The summed E-state index contributed by atoms with van der Waals surface area (Å²) in [4.78, 5) is 64.1. The van der Waals surface area contributed by atoms with Crippen molar-refractivity contribution < 1.29 is 41.7 Å². The molecular weight excluding hydrogens is 914 g/mol. The van der Waals surface area contributed by atoms with Crippen LogP contribution in [-0.4, -0.2) is 118 Å². The number of H-pyrrole nitrogens is 2. The van der Waals surface area contributed by atoms with Gasteiger partial charge < -0.3 is 36.2 Å². The van der Waals surface area contributed by atoms with Crippen LogP contribution in [0.4, 0.5) is 16.2 Å². The zero-order valence-electron chi connectivity index (χ0n) is 33.9. The number of halogens is 4. The third kappa shape index (κ3) is 15.4. The van der Waals surface area contributed by atoms with Crippen molar-refractivity contribution in [3.8, 4) is 0 Å². The number of nitrogens with zero attached hydrogens (tertiary/aromatic N) is 3. The molecule has 2 saturated heterocycles. The van der Waals surface area contributed by atoms with Crippen LogP contribution in [0, 0.1) is 0 Å². The zero-order valence-corrected chi connectivity index (χ0v) is 37.7. The van der Waals surface area contributed by atoms with E-state index in [2.05, 4.69) is 47.0 Å². The van der Waals surface area contributed by atoms with Gasteiger partial charge in [-0.05, 0) is 83.8 Å². The molecule has 2 aromatic heterocycles. The van der Waals surface area contributed by atoms with Gasteiger partial charge in [0, 0.05) is 25.2 Å². The van der Waals surface area contributed by atoms with Crippen molar-refractivity contribution in [3.63, 3.8) is 0 Å². The topological polar surface area (TPSA) is 270 Å². The van der Waals surface area contributed by atoms with Crippen molar-refractivity contribution in [3.05, 3.63) is 91.4 Å². The minimum atomic E-state index is -3.67. The minimum absolute atomic E-state index is 0.0959. The van der Waals surface area contributed by atoms with Gasteiger partial charge in [0.05, 0.1) is 61.2 Å². The van der Waals surface area contributed by atoms with Gasteiger partial charge in [-0.25, -0.2) is 4.79 Å². The summed E-state index contributed by atoms with van der Waals surface area (Å²) < 4.78 is 31.3. The maximum Gasteiger partial charge on any atom is 0.410 e. The third-order valence-electron chi connectivity index (χ3n) is 8.77. The van der Waals surface area contributed by atoms with Gasteiger partial charge in [-0.15, -0.1) is 0 Å². The van der Waals surface area contributed by atoms with Crippen molar-refractivity contribution in [1.82, 2.24) is 41.2 Å². The summed E-state index contributed by atoms with van der Waals surface area (Å²) in [6, 6.07) is 9.49. The van der Waals surface area contributed by atoms with Crippen LogP contribution in [0.15, 0.2) is 48.8 Å². The molecule has 4 aromatic rings. The molecular formula is C38H46Cl4N10O9S. The lowest BCUT2D eigenvalue weighted by molar-refractivity contribution is 0.0199. The molecule has 6 rings (SSSR count). The first-order valence-corrected chi connectivity index (χ1v) is 22.3. The molecule has 2 aromatic carbocycles. The number of nitrogens with one attached hydrogen (secondary N) is 7. The van der Waals surface area contributed by atoms with Gasteiger partial charge in [0.15, 0.2) is 0 Å². The molecule has 19 nitrogen and oxygen atoms in total. The van der Waals surface area contributed by atoms with Gasteiger partial charge in [0.1, 0.15) is 17.0 Å². The van der Waals surface area contributed by atoms with Gasteiger partial charge in [0.25, 0.3) is 33.7 Å². The number of likely N-dealkylation sites (tertiary alicyclic amines) is 1. The van der Waals surface area contributed by atoms with E-state index in [1.807, 2.05) is 20.8 Å². The van der Waals surface area contributed by atoms with E-state index in [0.717, 1.165) is 25.9 Å². The predicted octanol–water partition coefficient (Wildman–Crippen LogP) is 6.05. The Hall–Kier alpha value is -4.96. The number of aromatic nitrogens is 4. The van der Waals surface area contributed by atoms with Crippen LogP contribution in [0.5, 0.6) is 0 Å². The molecule has 0 bridgehead atoms. The van der Waals surface area contributed by atoms with Crippen LogP contribution in [-0.2, 0) is 14.9 Å². The molecule has 0 unspecified atom stereocenters. The SMILES string of the molecule is CC(C)(C)OC(=O)N1CCC(NC(=O)c2[nH]ncc2NC(=O)c2c(Cl)cccc2Cl)CC1.CS(=O)(=O)O.O=C(NC1CCNCC1)c1[nH]ncc1NC(=O)c1c(Cl)cccc1Cl. The molecule has 2 aliphatic rings. The Bertz CT molecular complexity index is 2290. The lowest BCUT2D eigenvalue weighted by Crippen LogP contribution is -2.47. The molecule has 0 radical (unpaired) electrons. The largest absolute Gasteiger partial charge is 0.444 e. The maximum absolute atomic E-state index is 12.8. The van der Waals surface area contributed by atoms with Crippen LogP contribution in [0.1, 0.15) is 88.1 Å². The zero-order chi connectivity index (χ0) is 45.8. The second-order valence-electron chi connectivity index (χ2n) is 14.9. The molecule has 2 aliphatic heterocycles. The molecule has 0 spiro atoms. The highest BCUT2D eigenvalue weighted by Gasteiger charge is 2.29. The van der Waals surface area contributed by atoms with Crippen LogP contribution in [0.2, 0.25) is 20.1 Å². The molecule has 0 aliphatic carbocycles. The molecule has 5 amide bonds. The molecule has 24 heteroatoms. The maximum atomic E-state index is 12.8. The summed E-state index contributed by atoms with van der Waals surface area (Å²) in [5.74, 6) is -1.79. The Morgan fingerprint density at radius 1 is 0.710 bits per heavy atom. The van der Waals surface area contributed by atoms with Crippen LogP contribution in [0.25, 0.3) is 0 Å². The number of carbonyl (C=O) groups excluding carboxylic acids is 5. The standard InChI is InChI=1S/C21H25Cl2N5O4.C16H17Cl2N5O2.CH4O3S/c1-21(2,3)32-20(31)28-9-7-12(8-10-28)25-19(30)17-15(11-24-27-17)26-18(29)16-13(22)5-4-6-14(16)23;17-10-2-1-3-11(18)13(10)15(24)22-12-8-20-23-14(12)16(25)21-9-4-6-19-7-5-9;1-5(2,3)4/h4-6,11-12H,7-10H2,1-3H3,(H,24,27)(H,25,30)(H,26,29);1-3,8-9,19H,4-7H2,(H,20,23)(H,21,25)(H,22,24);1H3,(H,2,3,4). The number of rotatable bonds is 8. The Kier molecular flexibility index (Phi) is 18.0. The van der Waals surface area contributed by atoms with Crippen LogP contribution >= 0.6 is 46.4 Å². The number of carbonyl (C=O) groups is 5. The summed E-state index contributed by atoms with van der Waals surface area (Å²) in [6.07, 6.45) is 5.94. The molecule has 4 heterocycles. The summed E-state index contributed by atoms with van der Waals surface area (Å²) in [7, 11) is -3.67. The normalized spacial score (nSPS) is 14.6. The van der Waals surface area contributed by atoms with E-state index in [0.29, 0.717) is 32.2 Å². The number of amides is 5. The number of hydrogen-bond acceptors (Lipinski definition) is 11. The third-order valence-corrected chi connectivity index (χ3v) is 10.0. The van der Waals surface area contributed by atoms with Crippen molar-refractivity contribution in [2.24, 2.45) is 0 Å². The number of ether oxygens (including phenoxy) is 1. The monoisotopic (exact) mass is 958 g/mol. The van der Waals surface area contributed by atoms with Gasteiger partial charge in [-0.1, -0.05) is 58.5 Å². The summed E-state index contributed by atoms with van der Waals surface area (Å²) in [5, 5.41) is 28.1. The lowest BCUT2D eigenvalue weighted by Gasteiger charge is -2.33. The van der Waals surface area contributed by atoms with Crippen molar-refractivity contribution in [1.29, 1.82) is 0 Å². The summed E-state index contributed by atoms with van der Waals surface area (Å²) in [5.41, 5.74) is 0.473. The number of benzene rings is 2. The van der Waals surface area contributed by atoms with E-state index in [9.17, 15) is 32.4 Å². The molecule has 0 atom stereocenters. The number of hydrogen-bond donors (Lipinski definition) is 8. The fourth-order valence-corrected chi connectivity index (χ4v) is 7.06. The predicted molar refractivity (Wildman–Crippen MR) is 235 cm³/mol. The van der Waals surface area contributed by atoms with E-state index in [4.69, 9.17) is 55.7 Å². The molecule has 2 fully saturated rings. The second-order valence-corrected chi connectivity index (χ2v) is 18.0. The highest BCUT2D eigenvalue weighted by Crippen LogP contribution is 2.27. The second kappa shape index (κ2) is 22.4. The van der Waals surface area contributed by atoms with E-state index < -0.39 is 33.4 Å². The van der Waals surface area contributed by atoms with Crippen molar-refractivity contribution >= 4 is 97.6 Å². The Morgan fingerprint density at radius 3 is 1.45 bits per heavy atom. The Labute approximate surface area is 377 Å². The van der Waals surface area contributed by atoms with E-state index in [1.165, 1.54) is 12.4 Å². The smallest absolute Gasteiger partial charge is 0.410 e. The number of anilines is 2. The van der Waals surface area contributed by atoms with Gasteiger partial charge in [-0.3, -0.25) is 33.9 Å². The molecule has 0 saturated carbocycles. The molecule has 8 N–H and O–H groups in total. The highest BCUT2D eigenvalue weighted by atomic mass is 35.5. The summed E-state index contributed by atoms with van der Waals surface area (Å²) in [6.45, 7) is 8.12. The van der Waals surface area contributed by atoms with Gasteiger partial charge in [0.2, 0.25) is 0 Å². The van der Waals surface area contributed by atoms with Crippen LogP contribution < -0.4 is 26.6 Å². The lowest BCUT2D eigenvalue weighted by atomic mass is 10.1. The van der Waals surface area contributed by atoms with Crippen LogP contribution in [0.3, 0.4) is 0 Å². The average molecular weight is 961 g/mol. The summed E-state index contributed by atoms with van der Waals surface area (Å²) >= 11 is 24.2. The fraction of sp³-hybridized carbons (Fsp3) is 0.395. The van der Waals surface area contributed by atoms with Gasteiger partial charge >= 0.3 is 6.09 Å². The van der Waals surface area contributed by atoms with E-state index in [1.54, 1.807) is 41.3 Å². The van der Waals surface area contributed by atoms with Gasteiger partial charge in [-0.2, -0.15) is 18.6 Å². The first-order chi connectivity index (χ1) is 29.1. The first-order valence-electron chi connectivity index (χ1n) is 18.9. The number of piperidine rings is 2. The quantitative estimate of drug-likeness (QED) is 0.0938.